The third-order valence-electron chi connectivity index (χ3n) is 4.12. The van der Waals surface area contributed by atoms with Crippen molar-refractivity contribution in [3.05, 3.63) is 34.3 Å². The summed E-state index contributed by atoms with van der Waals surface area (Å²) in [7, 11) is 0. The average molecular weight is 326 g/mol. The van der Waals surface area contributed by atoms with Crippen LogP contribution < -0.4 is 0 Å². The molecule has 0 bridgehead atoms. The van der Waals surface area contributed by atoms with E-state index in [0.717, 1.165) is 23.9 Å². The van der Waals surface area contributed by atoms with Crippen molar-refractivity contribution in [3.63, 3.8) is 0 Å². The quantitative estimate of drug-likeness (QED) is 0.921. The predicted molar refractivity (Wildman–Crippen MR) is 79.1 cm³/mol. The Hall–Kier alpha value is -0.870. The zero-order valence-corrected chi connectivity index (χ0v) is 13.0. The molecule has 2 unspecified atom stereocenters. The monoisotopic (exact) mass is 325 g/mol. The Morgan fingerprint density at radius 1 is 1.53 bits per heavy atom. The molecule has 1 saturated heterocycles. The number of carbonyl (C=O) groups is 1. The molecule has 1 heterocycles. The SMILES string of the molecule is CC(c1cccc(Br)c1)N1CCCC(C)(C(=O)O)C1. The number of carboxylic acids is 1. The van der Waals surface area contributed by atoms with E-state index in [2.05, 4.69) is 39.9 Å². The second-order valence-corrected chi connectivity index (χ2v) is 6.59. The number of piperidine rings is 1. The van der Waals surface area contributed by atoms with Crippen LogP contribution in [0.4, 0.5) is 0 Å². The van der Waals surface area contributed by atoms with E-state index in [9.17, 15) is 9.90 Å². The maximum absolute atomic E-state index is 11.4. The first-order valence-electron chi connectivity index (χ1n) is 6.65. The van der Waals surface area contributed by atoms with Gasteiger partial charge in [0, 0.05) is 17.1 Å². The maximum Gasteiger partial charge on any atom is 0.310 e. The standard InChI is InChI=1S/C15H20BrNO2/c1-11(12-5-3-6-13(16)9-12)17-8-4-7-15(2,10-17)14(18)19/h3,5-6,9,11H,4,7-8,10H2,1-2H3,(H,18,19). The molecule has 3 nitrogen and oxygen atoms in total. The molecule has 0 aliphatic carbocycles. The Kier molecular flexibility index (Phi) is 4.31. The van der Waals surface area contributed by atoms with Crippen LogP contribution in [-0.2, 0) is 4.79 Å². The van der Waals surface area contributed by atoms with Crippen molar-refractivity contribution < 1.29 is 9.90 Å². The normalized spacial score (nSPS) is 26.1. The third-order valence-corrected chi connectivity index (χ3v) is 4.61. The molecule has 2 atom stereocenters. The van der Waals surface area contributed by atoms with Gasteiger partial charge in [0.05, 0.1) is 5.41 Å². The molecule has 0 spiro atoms. The molecule has 104 valence electrons. The molecule has 19 heavy (non-hydrogen) atoms. The number of rotatable bonds is 3. The highest BCUT2D eigenvalue weighted by molar-refractivity contribution is 9.10. The summed E-state index contributed by atoms with van der Waals surface area (Å²) in [6, 6.07) is 8.49. The van der Waals surface area contributed by atoms with E-state index in [1.807, 2.05) is 19.1 Å². The van der Waals surface area contributed by atoms with Gasteiger partial charge in [-0.3, -0.25) is 9.69 Å². The smallest absolute Gasteiger partial charge is 0.310 e. The molecule has 1 N–H and O–H groups in total. The summed E-state index contributed by atoms with van der Waals surface area (Å²) in [5.74, 6) is -0.682. The zero-order valence-electron chi connectivity index (χ0n) is 11.4. The summed E-state index contributed by atoms with van der Waals surface area (Å²) in [5, 5.41) is 9.38. The second-order valence-electron chi connectivity index (χ2n) is 5.67. The minimum absolute atomic E-state index is 0.247. The van der Waals surface area contributed by atoms with Crippen LogP contribution in [0.2, 0.25) is 0 Å². The van der Waals surface area contributed by atoms with Crippen molar-refractivity contribution in [2.45, 2.75) is 32.7 Å². The van der Waals surface area contributed by atoms with Crippen LogP contribution in [0.15, 0.2) is 28.7 Å². The fraction of sp³-hybridized carbons (Fsp3) is 0.533. The highest BCUT2D eigenvalue weighted by Gasteiger charge is 2.39. The summed E-state index contributed by atoms with van der Waals surface area (Å²) in [6.45, 7) is 5.59. The molecule has 1 aromatic carbocycles. The van der Waals surface area contributed by atoms with Crippen molar-refractivity contribution in [1.29, 1.82) is 0 Å². The summed E-state index contributed by atoms with van der Waals surface area (Å²) in [5.41, 5.74) is 0.613. The van der Waals surface area contributed by atoms with E-state index >= 15 is 0 Å². The van der Waals surface area contributed by atoms with Gasteiger partial charge in [0.25, 0.3) is 0 Å². The number of halogens is 1. The van der Waals surface area contributed by atoms with Gasteiger partial charge in [-0.05, 0) is 50.9 Å². The number of nitrogens with zero attached hydrogens (tertiary/aromatic N) is 1. The molecule has 1 aliphatic rings. The van der Waals surface area contributed by atoms with Crippen LogP contribution in [0.25, 0.3) is 0 Å². The van der Waals surface area contributed by atoms with Crippen LogP contribution in [0.3, 0.4) is 0 Å². The molecular formula is C15H20BrNO2. The lowest BCUT2D eigenvalue weighted by molar-refractivity contribution is -0.151. The van der Waals surface area contributed by atoms with E-state index in [0.29, 0.717) is 6.54 Å². The summed E-state index contributed by atoms with van der Waals surface area (Å²) in [6.07, 6.45) is 1.71. The van der Waals surface area contributed by atoms with Crippen LogP contribution in [-0.4, -0.2) is 29.1 Å². The molecule has 1 aromatic rings. The Labute approximate surface area is 122 Å². The largest absolute Gasteiger partial charge is 0.481 e. The number of carboxylic acid groups (broad SMARTS) is 1. The van der Waals surface area contributed by atoms with Crippen molar-refractivity contribution in [2.75, 3.05) is 13.1 Å². The van der Waals surface area contributed by atoms with Crippen molar-refractivity contribution in [3.8, 4) is 0 Å². The Morgan fingerprint density at radius 2 is 2.26 bits per heavy atom. The van der Waals surface area contributed by atoms with Gasteiger partial charge >= 0.3 is 5.97 Å². The van der Waals surface area contributed by atoms with E-state index < -0.39 is 11.4 Å². The molecule has 0 saturated carbocycles. The van der Waals surface area contributed by atoms with Crippen molar-refractivity contribution in [1.82, 2.24) is 4.90 Å². The van der Waals surface area contributed by atoms with Gasteiger partial charge in [0.15, 0.2) is 0 Å². The molecule has 4 heteroatoms. The van der Waals surface area contributed by atoms with Gasteiger partial charge in [0.1, 0.15) is 0 Å². The van der Waals surface area contributed by atoms with Gasteiger partial charge in [-0.1, -0.05) is 28.1 Å². The minimum Gasteiger partial charge on any atom is -0.481 e. The summed E-state index contributed by atoms with van der Waals surface area (Å²) < 4.78 is 1.06. The molecular weight excluding hydrogens is 306 g/mol. The van der Waals surface area contributed by atoms with E-state index in [1.54, 1.807) is 0 Å². The highest BCUT2D eigenvalue weighted by atomic mass is 79.9. The highest BCUT2D eigenvalue weighted by Crippen LogP contribution is 2.34. The van der Waals surface area contributed by atoms with Crippen molar-refractivity contribution >= 4 is 21.9 Å². The maximum atomic E-state index is 11.4. The molecule has 1 fully saturated rings. The first kappa shape index (κ1) is 14.5. The van der Waals surface area contributed by atoms with Crippen molar-refractivity contribution in [2.24, 2.45) is 5.41 Å². The van der Waals surface area contributed by atoms with Crippen LogP contribution in [0.1, 0.15) is 38.3 Å². The van der Waals surface area contributed by atoms with Gasteiger partial charge < -0.3 is 5.11 Å². The van der Waals surface area contributed by atoms with Gasteiger partial charge in [-0.15, -0.1) is 0 Å². The number of hydrogen-bond donors (Lipinski definition) is 1. The van der Waals surface area contributed by atoms with Gasteiger partial charge in [-0.2, -0.15) is 0 Å². The van der Waals surface area contributed by atoms with E-state index in [-0.39, 0.29) is 6.04 Å². The first-order valence-corrected chi connectivity index (χ1v) is 7.44. The average Bonchev–Trinajstić information content (AvgIpc) is 2.38. The van der Waals surface area contributed by atoms with Gasteiger partial charge in [-0.25, -0.2) is 0 Å². The minimum atomic E-state index is -0.682. The fourth-order valence-corrected chi connectivity index (χ4v) is 3.18. The Morgan fingerprint density at radius 3 is 2.89 bits per heavy atom. The summed E-state index contributed by atoms with van der Waals surface area (Å²) >= 11 is 3.49. The molecule has 0 aromatic heterocycles. The third kappa shape index (κ3) is 3.18. The molecule has 0 amide bonds. The second kappa shape index (κ2) is 5.63. The van der Waals surface area contributed by atoms with E-state index in [1.165, 1.54) is 5.56 Å². The van der Waals surface area contributed by atoms with E-state index in [4.69, 9.17) is 0 Å². The van der Waals surface area contributed by atoms with Crippen LogP contribution in [0.5, 0.6) is 0 Å². The summed E-state index contributed by atoms with van der Waals surface area (Å²) in [4.78, 5) is 13.7. The zero-order chi connectivity index (χ0) is 14.0. The number of aliphatic carboxylic acids is 1. The number of likely N-dealkylation sites (tertiary alicyclic amines) is 1. The number of hydrogen-bond acceptors (Lipinski definition) is 2. The molecule has 2 rings (SSSR count). The number of benzene rings is 1. The molecule has 1 aliphatic heterocycles. The Balaban J connectivity index is 2.15. The molecule has 0 radical (unpaired) electrons. The topological polar surface area (TPSA) is 40.5 Å². The predicted octanol–water partition coefficient (Wildman–Crippen LogP) is 3.70. The van der Waals surface area contributed by atoms with Crippen LogP contribution >= 0.6 is 15.9 Å². The lowest BCUT2D eigenvalue weighted by atomic mass is 9.81. The fourth-order valence-electron chi connectivity index (χ4n) is 2.76. The first-order chi connectivity index (χ1) is 8.92. The Bertz CT molecular complexity index is 477. The van der Waals surface area contributed by atoms with Crippen LogP contribution in [0, 0.1) is 5.41 Å². The lowest BCUT2D eigenvalue weighted by Crippen LogP contribution is -2.46. The van der Waals surface area contributed by atoms with Gasteiger partial charge in [0.2, 0.25) is 0 Å². The lowest BCUT2D eigenvalue weighted by Gasteiger charge is -2.40.